The van der Waals surface area contributed by atoms with Crippen LogP contribution in [0.2, 0.25) is 0 Å². The van der Waals surface area contributed by atoms with Gasteiger partial charge in [0.05, 0.1) is 6.54 Å². The van der Waals surface area contributed by atoms with Crippen molar-refractivity contribution in [1.29, 1.82) is 0 Å². The molecule has 1 heterocycles. The topological polar surface area (TPSA) is 23.5 Å². The summed E-state index contributed by atoms with van der Waals surface area (Å²) in [6.45, 7) is 2.66. The van der Waals surface area contributed by atoms with E-state index >= 15 is 0 Å². The molecule has 1 aromatic rings. The molecule has 0 saturated carbocycles. The molecular formula is C12H15NO. The van der Waals surface area contributed by atoms with Crippen LogP contribution in [0.25, 0.3) is 0 Å². The average Bonchev–Trinajstić information content (AvgIpc) is 2.19. The van der Waals surface area contributed by atoms with E-state index in [1.807, 2.05) is 12.1 Å². The van der Waals surface area contributed by atoms with Crippen molar-refractivity contribution in [2.24, 2.45) is 0 Å². The molecule has 0 radical (unpaired) electrons. The first-order chi connectivity index (χ1) is 6.84. The van der Waals surface area contributed by atoms with E-state index in [9.17, 15) is 5.11 Å². The highest BCUT2D eigenvalue weighted by atomic mass is 16.3. The van der Waals surface area contributed by atoms with Crippen LogP contribution in [0, 0.1) is 0 Å². The standard InChI is InChI=1S/C12H15NO/c14-12-7-4-8-13(10-12)9-11-5-2-1-3-6-11/h1-3,5-7,14H,4,8-10H2. The minimum Gasteiger partial charge on any atom is -0.511 e. The van der Waals surface area contributed by atoms with Gasteiger partial charge in [0.1, 0.15) is 5.76 Å². The van der Waals surface area contributed by atoms with E-state index < -0.39 is 0 Å². The van der Waals surface area contributed by atoms with Crippen molar-refractivity contribution in [3.8, 4) is 0 Å². The molecule has 1 aliphatic heterocycles. The van der Waals surface area contributed by atoms with Gasteiger partial charge < -0.3 is 5.11 Å². The Morgan fingerprint density at radius 2 is 2.00 bits per heavy atom. The smallest absolute Gasteiger partial charge is 0.102 e. The van der Waals surface area contributed by atoms with Crippen LogP contribution in [-0.2, 0) is 6.54 Å². The van der Waals surface area contributed by atoms with E-state index in [-0.39, 0.29) is 0 Å². The lowest BCUT2D eigenvalue weighted by Crippen LogP contribution is -2.29. The molecule has 1 aliphatic rings. The van der Waals surface area contributed by atoms with Crippen LogP contribution in [0.4, 0.5) is 0 Å². The maximum atomic E-state index is 9.38. The van der Waals surface area contributed by atoms with E-state index in [0.717, 1.165) is 19.5 Å². The fourth-order valence-corrected chi connectivity index (χ4v) is 1.76. The van der Waals surface area contributed by atoms with E-state index in [0.29, 0.717) is 12.3 Å². The number of benzene rings is 1. The van der Waals surface area contributed by atoms with Crippen molar-refractivity contribution in [2.45, 2.75) is 13.0 Å². The molecule has 1 aromatic carbocycles. The second-order valence-electron chi connectivity index (χ2n) is 3.68. The molecule has 0 unspecified atom stereocenters. The van der Waals surface area contributed by atoms with E-state index in [1.165, 1.54) is 5.56 Å². The third kappa shape index (κ3) is 2.36. The Kier molecular flexibility index (Phi) is 2.84. The van der Waals surface area contributed by atoms with Crippen LogP contribution in [-0.4, -0.2) is 23.1 Å². The van der Waals surface area contributed by atoms with Crippen LogP contribution in [0.5, 0.6) is 0 Å². The normalized spacial score (nSPS) is 17.9. The summed E-state index contributed by atoms with van der Waals surface area (Å²) in [6.07, 6.45) is 2.86. The number of nitrogens with zero attached hydrogens (tertiary/aromatic N) is 1. The van der Waals surface area contributed by atoms with Crippen LogP contribution < -0.4 is 0 Å². The monoisotopic (exact) mass is 189 g/mol. The van der Waals surface area contributed by atoms with Crippen LogP contribution >= 0.6 is 0 Å². The Bertz CT molecular complexity index is 318. The van der Waals surface area contributed by atoms with Gasteiger partial charge in [-0.15, -0.1) is 0 Å². The molecule has 0 fully saturated rings. The first kappa shape index (κ1) is 9.28. The third-order valence-electron chi connectivity index (χ3n) is 2.46. The van der Waals surface area contributed by atoms with Crippen molar-refractivity contribution in [2.75, 3.05) is 13.1 Å². The van der Waals surface area contributed by atoms with Crippen molar-refractivity contribution in [3.63, 3.8) is 0 Å². The molecule has 2 nitrogen and oxygen atoms in total. The number of hydrogen-bond donors (Lipinski definition) is 1. The largest absolute Gasteiger partial charge is 0.511 e. The molecule has 14 heavy (non-hydrogen) atoms. The van der Waals surface area contributed by atoms with Gasteiger partial charge in [-0.3, -0.25) is 4.90 Å². The second-order valence-corrected chi connectivity index (χ2v) is 3.68. The third-order valence-corrected chi connectivity index (χ3v) is 2.46. The summed E-state index contributed by atoms with van der Waals surface area (Å²) in [5, 5.41) is 9.38. The number of rotatable bonds is 2. The van der Waals surface area contributed by atoms with Crippen molar-refractivity contribution < 1.29 is 5.11 Å². The molecule has 0 aromatic heterocycles. The molecule has 74 valence electrons. The van der Waals surface area contributed by atoms with Gasteiger partial charge in [0.15, 0.2) is 0 Å². The predicted octanol–water partition coefficient (Wildman–Crippen LogP) is 2.33. The highest BCUT2D eigenvalue weighted by Gasteiger charge is 2.11. The van der Waals surface area contributed by atoms with Gasteiger partial charge in [-0.25, -0.2) is 0 Å². The summed E-state index contributed by atoms with van der Waals surface area (Å²) in [5.41, 5.74) is 1.31. The Balaban J connectivity index is 1.96. The molecule has 0 saturated heterocycles. The first-order valence-electron chi connectivity index (χ1n) is 4.99. The highest BCUT2D eigenvalue weighted by Crippen LogP contribution is 2.11. The summed E-state index contributed by atoms with van der Waals surface area (Å²) in [6, 6.07) is 10.4. The molecule has 2 rings (SSSR count). The molecule has 0 spiro atoms. The Morgan fingerprint density at radius 1 is 1.21 bits per heavy atom. The van der Waals surface area contributed by atoms with Gasteiger partial charge in [-0.05, 0) is 18.1 Å². The van der Waals surface area contributed by atoms with Crippen molar-refractivity contribution >= 4 is 0 Å². The summed E-state index contributed by atoms with van der Waals surface area (Å²) in [5.74, 6) is 0.507. The van der Waals surface area contributed by atoms with Gasteiger partial charge in [-0.2, -0.15) is 0 Å². The Hall–Kier alpha value is -1.28. The van der Waals surface area contributed by atoms with Gasteiger partial charge >= 0.3 is 0 Å². The quantitative estimate of drug-likeness (QED) is 0.771. The fourth-order valence-electron chi connectivity index (χ4n) is 1.76. The molecule has 2 heteroatoms. The van der Waals surface area contributed by atoms with Crippen molar-refractivity contribution in [3.05, 3.63) is 47.7 Å². The first-order valence-corrected chi connectivity index (χ1v) is 4.99. The molecule has 0 bridgehead atoms. The summed E-state index contributed by atoms with van der Waals surface area (Å²) in [4.78, 5) is 2.25. The molecule has 1 N–H and O–H groups in total. The lowest BCUT2D eigenvalue weighted by atomic mass is 10.1. The predicted molar refractivity (Wildman–Crippen MR) is 57.0 cm³/mol. The molecule has 0 aliphatic carbocycles. The summed E-state index contributed by atoms with van der Waals surface area (Å²) in [7, 11) is 0. The zero-order valence-electron chi connectivity index (χ0n) is 8.19. The van der Waals surface area contributed by atoms with Gasteiger partial charge in [0, 0.05) is 13.1 Å². The fraction of sp³-hybridized carbons (Fsp3) is 0.333. The SMILES string of the molecule is OC1=CCCN(Cc2ccccc2)C1. The maximum Gasteiger partial charge on any atom is 0.102 e. The van der Waals surface area contributed by atoms with Crippen LogP contribution in [0.3, 0.4) is 0 Å². The zero-order chi connectivity index (χ0) is 9.80. The van der Waals surface area contributed by atoms with Crippen LogP contribution in [0.15, 0.2) is 42.2 Å². The van der Waals surface area contributed by atoms with Gasteiger partial charge in [0.25, 0.3) is 0 Å². The molecular weight excluding hydrogens is 174 g/mol. The highest BCUT2D eigenvalue weighted by molar-refractivity contribution is 5.15. The maximum absolute atomic E-state index is 9.38. The van der Waals surface area contributed by atoms with E-state index in [2.05, 4.69) is 29.2 Å². The minimum absolute atomic E-state index is 0.507. The number of aliphatic hydroxyl groups excluding tert-OH is 1. The lowest BCUT2D eigenvalue weighted by Gasteiger charge is -2.24. The van der Waals surface area contributed by atoms with Gasteiger partial charge in [0.2, 0.25) is 0 Å². The Labute approximate surface area is 84.5 Å². The van der Waals surface area contributed by atoms with E-state index in [1.54, 1.807) is 0 Å². The van der Waals surface area contributed by atoms with Crippen molar-refractivity contribution in [1.82, 2.24) is 4.90 Å². The second kappa shape index (κ2) is 4.29. The van der Waals surface area contributed by atoms with Crippen LogP contribution in [0.1, 0.15) is 12.0 Å². The zero-order valence-corrected chi connectivity index (χ0v) is 8.19. The Morgan fingerprint density at radius 3 is 2.71 bits per heavy atom. The summed E-state index contributed by atoms with van der Waals surface area (Å²) >= 11 is 0. The molecule has 0 amide bonds. The number of hydrogen-bond acceptors (Lipinski definition) is 2. The summed E-state index contributed by atoms with van der Waals surface area (Å²) < 4.78 is 0. The van der Waals surface area contributed by atoms with E-state index in [4.69, 9.17) is 0 Å². The molecule has 0 atom stereocenters. The minimum atomic E-state index is 0.507. The number of aliphatic hydroxyl groups is 1. The lowest BCUT2D eigenvalue weighted by molar-refractivity contribution is 0.228. The van der Waals surface area contributed by atoms with Gasteiger partial charge in [-0.1, -0.05) is 30.3 Å². The average molecular weight is 189 g/mol.